The van der Waals surface area contributed by atoms with Gasteiger partial charge >= 0.3 is 12.0 Å². The molecular formula is C16H30N2O3. The lowest BCUT2D eigenvalue weighted by Gasteiger charge is -2.32. The average Bonchev–Trinajstić information content (AvgIpc) is 2.81. The number of aliphatic carboxylic acids is 1. The Balaban J connectivity index is 2.69. The Bertz CT molecular complexity index is 383. The van der Waals surface area contributed by atoms with E-state index in [1.807, 2.05) is 25.7 Å². The second-order valence-electron chi connectivity index (χ2n) is 7.34. The van der Waals surface area contributed by atoms with E-state index in [0.29, 0.717) is 0 Å². The van der Waals surface area contributed by atoms with Crippen LogP contribution in [0.15, 0.2) is 0 Å². The van der Waals surface area contributed by atoms with Gasteiger partial charge in [-0.05, 0) is 30.1 Å². The molecule has 0 bridgehead atoms. The van der Waals surface area contributed by atoms with Gasteiger partial charge < -0.3 is 15.3 Å². The van der Waals surface area contributed by atoms with Gasteiger partial charge in [0.05, 0.1) is 6.42 Å². The minimum atomic E-state index is -0.881. The van der Waals surface area contributed by atoms with Crippen LogP contribution >= 0.6 is 0 Å². The lowest BCUT2D eigenvalue weighted by molar-refractivity contribution is -0.138. The normalized spacial score (nSPS) is 19.4. The van der Waals surface area contributed by atoms with E-state index >= 15 is 0 Å². The maximum absolute atomic E-state index is 12.4. The summed E-state index contributed by atoms with van der Waals surface area (Å²) in [5, 5.41) is 11.9. The number of carboxylic acids is 1. The van der Waals surface area contributed by atoms with Gasteiger partial charge in [0, 0.05) is 19.1 Å². The molecule has 0 radical (unpaired) electrons. The molecule has 1 fully saturated rings. The van der Waals surface area contributed by atoms with E-state index in [1.54, 1.807) is 0 Å². The molecule has 2 N–H and O–H groups in total. The standard InChI is InChI=1S/C16H30N2O3/c1-6-16(7-2)8-9-18(11-16)14(21)17-12(10-13(19)20)15(3,4)5/h12H,6-11H2,1-5H3,(H,17,21)(H,19,20). The van der Waals surface area contributed by atoms with Gasteiger partial charge in [-0.3, -0.25) is 4.79 Å². The molecule has 1 atom stereocenters. The number of urea groups is 1. The van der Waals surface area contributed by atoms with Gasteiger partial charge in [-0.1, -0.05) is 34.6 Å². The number of carbonyl (C=O) groups excluding carboxylic acids is 1. The third kappa shape index (κ3) is 4.61. The molecule has 1 heterocycles. The van der Waals surface area contributed by atoms with E-state index in [2.05, 4.69) is 19.2 Å². The van der Waals surface area contributed by atoms with Crippen LogP contribution in [0.25, 0.3) is 0 Å². The summed E-state index contributed by atoms with van der Waals surface area (Å²) >= 11 is 0. The van der Waals surface area contributed by atoms with Crippen molar-refractivity contribution in [1.29, 1.82) is 0 Å². The van der Waals surface area contributed by atoms with Crippen molar-refractivity contribution in [3.63, 3.8) is 0 Å². The predicted molar refractivity (Wildman–Crippen MR) is 83.2 cm³/mol. The molecule has 1 aliphatic rings. The highest BCUT2D eigenvalue weighted by molar-refractivity contribution is 5.76. The van der Waals surface area contributed by atoms with Crippen LogP contribution in [0.4, 0.5) is 4.79 Å². The molecule has 1 rings (SSSR count). The van der Waals surface area contributed by atoms with Crippen molar-refractivity contribution in [2.45, 2.75) is 66.3 Å². The van der Waals surface area contributed by atoms with Gasteiger partial charge in [-0.2, -0.15) is 0 Å². The Kier molecular flexibility index (Phi) is 5.65. The molecule has 0 saturated carbocycles. The average molecular weight is 298 g/mol. The molecule has 0 spiro atoms. The summed E-state index contributed by atoms with van der Waals surface area (Å²) in [6.45, 7) is 11.7. The smallest absolute Gasteiger partial charge is 0.317 e. The Labute approximate surface area is 128 Å². The van der Waals surface area contributed by atoms with Crippen LogP contribution in [0.5, 0.6) is 0 Å². The molecular weight excluding hydrogens is 268 g/mol. The molecule has 2 amide bonds. The van der Waals surface area contributed by atoms with E-state index in [4.69, 9.17) is 5.11 Å². The summed E-state index contributed by atoms with van der Waals surface area (Å²) in [5.41, 5.74) is -0.0399. The van der Waals surface area contributed by atoms with Crippen molar-refractivity contribution < 1.29 is 14.7 Å². The number of carbonyl (C=O) groups is 2. The largest absolute Gasteiger partial charge is 0.481 e. The summed E-state index contributed by atoms with van der Waals surface area (Å²) in [7, 11) is 0. The minimum absolute atomic E-state index is 0.0459. The second kappa shape index (κ2) is 6.67. The summed E-state index contributed by atoms with van der Waals surface area (Å²) < 4.78 is 0. The first-order valence-corrected chi connectivity index (χ1v) is 7.91. The van der Waals surface area contributed by atoms with Crippen molar-refractivity contribution in [3.05, 3.63) is 0 Å². The number of nitrogens with zero attached hydrogens (tertiary/aromatic N) is 1. The van der Waals surface area contributed by atoms with E-state index in [1.165, 1.54) is 0 Å². The number of hydrogen-bond donors (Lipinski definition) is 2. The molecule has 0 aromatic heterocycles. The van der Waals surface area contributed by atoms with Crippen molar-refractivity contribution in [2.24, 2.45) is 10.8 Å². The SMILES string of the molecule is CCC1(CC)CCN(C(=O)NC(CC(=O)O)C(C)(C)C)C1. The maximum atomic E-state index is 12.4. The van der Waals surface area contributed by atoms with Gasteiger partial charge in [0.1, 0.15) is 0 Å². The zero-order valence-electron chi connectivity index (χ0n) is 14.0. The highest BCUT2D eigenvalue weighted by atomic mass is 16.4. The summed E-state index contributed by atoms with van der Waals surface area (Å²) in [4.78, 5) is 25.3. The molecule has 1 aliphatic heterocycles. The van der Waals surface area contributed by atoms with Gasteiger partial charge in [-0.15, -0.1) is 0 Å². The highest BCUT2D eigenvalue weighted by Crippen LogP contribution is 2.37. The first-order valence-electron chi connectivity index (χ1n) is 7.91. The van der Waals surface area contributed by atoms with Crippen LogP contribution in [0, 0.1) is 10.8 Å². The molecule has 5 nitrogen and oxygen atoms in total. The Morgan fingerprint density at radius 1 is 1.29 bits per heavy atom. The van der Waals surface area contributed by atoms with Gasteiger partial charge in [0.15, 0.2) is 0 Å². The van der Waals surface area contributed by atoms with Crippen LogP contribution in [0.3, 0.4) is 0 Å². The number of carboxylic acid groups (broad SMARTS) is 1. The fourth-order valence-corrected chi connectivity index (χ4v) is 2.92. The molecule has 122 valence electrons. The maximum Gasteiger partial charge on any atom is 0.317 e. The lowest BCUT2D eigenvalue weighted by Crippen LogP contribution is -2.50. The van der Waals surface area contributed by atoms with Crippen molar-refractivity contribution >= 4 is 12.0 Å². The third-order valence-electron chi connectivity index (χ3n) is 4.95. The Morgan fingerprint density at radius 2 is 1.86 bits per heavy atom. The summed E-state index contributed by atoms with van der Waals surface area (Å²) in [6.07, 6.45) is 3.14. The van der Waals surface area contributed by atoms with Crippen LogP contribution in [0.2, 0.25) is 0 Å². The van der Waals surface area contributed by atoms with Crippen LogP contribution in [-0.2, 0) is 4.79 Å². The number of hydrogen-bond acceptors (Lipinski definition) is 2. The zero-order valence-corrected chi connectivity index (χ0v) is 14.0. The van der Waals surface area contributed by atoms with E-state index in [9.17, 15) is 9.59 Å². The number of rotatable bonds is 5. The fourth-order valence-electron chi connectivity index (χ4n) is 2.92. The van der Waals surface area contributed by atoms with Gasteiger partial charge in [-0.25, -0.2) is 4.79 Å². The monoisotopic (exact) mass is 298 g/mol. The second-order valence-corrected chi connectivity index (χ2v) is 7.34. The molecule has 5 heteroatoms. The highest BCUT2D eigenvalue weighted by Gasteiger charge is 2.38. The molecule has 1 saturated heterocycles. The van der Waals surface area contributed by atoms with Gasteiger partial charge in [0.2, 0.25) is 0 Å². The molecule has 0 aromatic carbocycles. The van der Waals surface area contributed by atoms with Crippen LogP contribution in [-0.4, -0.2) is 41.1 Å². The number of likely N-dealkylation sites (tertiary alicyclic amines) is 1. The van der Waals surface area contributed by atoms with Crippen molar-refractivity contribution in [2.75, 3.05) is 13.1 Å². The first-order chi connectivity index (χ1) is 9.63. The minimum Gasteiger partial charge on any atom is -0.481 e. The molecule has 21 heavy (non-hydrogen) atoms. The van der Waals surface area contributed by atoms with E-state index < -0.39 is 5.97 Å². The van der Waals surface area contributed by atoms with Gasteiger partial charge in [0.25, 0.3) is 0 Å². The Hall–Kier alpha value is -1.26. The number of amides is 2. The predicted octanol–water partition coefficient (Wildman–Crippen LogP) is 3.10. The Morgan fingerprint density at radius 3 is 2.24 bits per heavy atom. The molecule has 1 unspecified atom stereocenters. The van der Waals surface area contributed by atoms with E-state index in [-0.39, 0.29) is 29.3 Å². The summed E-state index contributed by atoms with van der Waals surface area (Å²) in [5.74, 6) is -0.881. The molecule has 0 aromatic rings. The quantitative estimate of drug-likeness (QED) is 0.819. The fraction of sp³-hybridized carbons (Fsp3) is 0.875. The summed E-state index contributed by atoms with van der Waals surface area (Å²) in [6, 6.07) is -0.485. The third-order valence-corrected chi connectivity index (χ3v) is 4.95. The molecule has 0 aliphatic carbocycles. The zero-order chi connectivity index (χ0) is 16.3. The van der Waals surface area contributed by atoms with Crippen molar-refractivity contribution in [3.8, 4) is 0 Å². The van der Waals surface area contributed by atoms with Crippen LogP contribution < -0.4 is 5.32 Å². The van der Waals surface area contributed by atoms with Crippen molar-refractivity contribution in [1.82, 2.24) is 10.2 Å². The first kappa shape index (κ1) is 17.8. The van der Waals surface area contributed by atoms with Crippen LogP contribution in [0.1, 0.15) is 60.3 Å². The number of nitrogens with one attached hydrogen (secondary N) is 1. The van der Waals surface area contributed by atoms with E-state index in [0.717, 1.165) is 32.4 Å². The topological polar surface area (TPSA) is 69.6 Å². The lowest BCUT2D eigenvalue weighted by atomic mass is 9.82.